The number of nitrogens with zero attached hydrogens (tertiary/aromatic N) is 1. The maximum absolute atomic E-state index is 9.64. The molecule has 0 aromatic carbocycles. The van der Waals surface area contributed by atoms with Gasteiger partial charge < -0.3 is 15.5 Å². The number of hydrogen-bond acceptors (Lipinski definition) is 4. The summed E-state index contributed by atoms with van der Waals surface area (Å²) < 4.78 is 0. The molecule has 1 saturated heterocycles. The highest BCUT2D eigenvalue weighted by molar-refractivity contribution is 4.84. The minimum absolute atomic E-state index is 0.187. The smallest absolute Gasteiger partial charge is 0.0705 e. The van der Waals surface area contributed by atoms with Crippen LogP contribution < -0.4 is 5.32 Å². The monoisotopic (exact) mass is 216 g/mol. The van der Waals surface area contributed by atoms with E-state index < -0.39 is 0 Å². The van der Waals surface area contributed by atoms with Crippen LogP contribution in [0.5, 0.6) is 0 Å². The second-order valence-electron chi connectivity index (χ2n) is 4.56. The molecule has 1 fully saturated rings. The lowest BCUT2D eigenvalue weighted by Gasteiger charge is -2.27. The van der Waals surface area contributed by atoms with Gasteiger partial charge in [0.05, 0.1) is 12.7 Å². The fourth-order valence-corrected chi connectivity index (χ4v) is 2.11. The molecule has 0 spiro atoms. The first-order valence-corrected chi connectivity index (χ1v) is 5.91. The second kappa shape index (κ2) is 6.43. The van der Waals surface area contributed by atoms with E-state index in [0.717, 1.165) is 32.5 Å². The Kier molecular flexibility index (Phi) is 5.53. The van der Waals surface area contributed by atoms with Gasteiger partial charge in [0.25, 0.3) is 0 Å². The molecule has 15 heavy (non-hydrogen) atoms. The fourth-order valence-electron chi connectivity index (χ4n) is 2.11. The molecule has 0 radical (unpaired) electrons. The van der Waals surface area contributed by atoms with Crippen LogP contribution in [-0.2, 0) is 0 Å². The van der Waals surface area contributed by atoms with Crippen LogP contribution in [-0.4, -0.2) is 59.5 Å². The predicted octanol–water partition coefficient (Wildman–Crippen LogP) is -0.198. The van der Waals surface area contributed by atoms with E-state index in [-0.39, 0.29) is 18.8 Å². The topological polar surface area (TPSA) is 55.7 Å². The molecule has 0 aromatic rings. The number of aliphatic hydroxyl groups is 2. The van der Waals surface area contributed by atoms with Crippen LogP contribution >= 0.6 is 0 Å². The first kappa shape index (κ1) is 12.9. The molecule has 1 aliphatic rings. The summed E-state index contributed by atoms with van der Waals surface area (Å²) in [7, 11) is 0. The molecule has 1 aliphatic heterocycles. The molecule has 0 bridgehead atoms. The Bertz CT molecular complexity index is 176. The zero-order chi connectivity index (χ0) is 11.3. The molecule has 1 rings (SSSR count). The van der Waals surface area contributed by atoms with Crippen LogP contribution in [0.3, 0.4) is 0 Å². The van der Waals surface area contributed by atoms with Crippen molar-refractivity contribution in [2.24, 2.45) is 0 Å². The van der Waals surface area contributed by atoms with Gasteiger partial charge in [0.15, 0.2) is 0 Å². The summed E-state index contributed by atoms with van der Waals surface area (Å²) in [4.78, 5) is 2.24. The van der Waals surface area contributed by atoms with Crippen molar-refractivity contribution < 1.29 is 10.2 Å². The van der Waals surface area contributed by atoms with E-state index in [1.54, 1.807) is 0 Å². The van der Waals surface area contributed by atoms with Crippen molar-refractivity contribution in [1.29, 1.82) is 0 Å². The second-order valence-corrected chi connectivity index (χ2v) is 4.56. The Balaban J connectivity index is 2.26. The summed E-state index contributed by atoms with van der Waals surface area (Å²) in [5.41, 5.74) is 0. The quantitative estimate of drug-likeness (QED) is 0.576. The zero-order valence-electron chi connectivity index (χ0n) is 9.82. The van der Waals surface area contributed by atoms with Crippen LogP contribution in [0.25, 0.3) is 0 Å². The number of hydrogen-bond donors (Lipinski definition) is 3. The van der Waals surface area contributed by atoms with E-state index in [9.17, 15) is 5.11 Å². The molecule has 4 nitrogen and oxygen atoms in total. The molecule has 3 N–H and O–H groups in total. The van der Waals surface area contributed by atoms with E-state index in [0.29, 0.717) is 6.04 Å². The standard InChI is InChI=1S/C11H24N2O2/c1-9(2)13(7-8-14)6-4-10-11(15)3-5-12-10/h9-12,14-15H,3-8H2,1-2H3. The van der Waals surface area contributed by atoms with Crippen LogP contribution in [0.4, 0.5) is 0 Å². The Morgan fingerprint density at radius 3 is 2.60 bits per heavy atom. The van der Waals surface area contributed by atoms with Crippen LogP contribution in [0.15, 0.2) is 0 Å². The van der Waals surface area contributed by atoms with E-state index in [1.165, 1.54) is 0 Å². The van der Waals surface area contributed by atoms with Gasteiger partial charge in [0, 0.05) is 25.2 Å². The van der Waals surface area contributed by atoms with Crippen molar-refractivity contribution in [2.75, 3.05) is 26.2 Å². The Morgan fingerprint density at radius 1 is 1.40 bits per heavy atom. The molecule has 2 atom stereocenters. The SMILES string of the molecule is CC(C)N(CCO)CCC1NCCC1O. The van der Waals surface area contributed by atoms with E-state index in [4.69, 9.17) is 5.11 Å². The first-order chi connectivity index (χ1) is 7.15. The molecule has 90 valence electrons. The Labute approximate surface area is 92.3 Å². The van der Waals surface area contributed by atoms with E-state index in [2.05, 4.69) is 24.1 Å². The van der Waals surface area contributed by atoms with Crippen molar-refractivity contribution in [2.45, 2.75) is 44.9 Å². The van der Waals surface area contributed by atoms with Crippen LogP contribution in [0.2, 0.25) is 0 Å². The summed E-state index contributed by atoms with van der Waals surface area (Å²) in [5, 5.41) is 21.9. The summed E-state index contributed by atoms with van der Waals surface area (Å²) in [6, 6.07) is 0.695. The molecule has 0 amide bonds. The summed E-state index contributed by atoms with van der Waals surface area (Å²) >= 11 is 0. The Hall–Kier alpha value is -0.160. The summed E-state index contributed by atoms with van der Waals surface area (Å²) in [5.74, 6) is 0. The summed E-state index contributed by atoms with van der Waals surface area (Å²) in [6.45, 7) is 7.06. The lowest BCUT2D eigenvalue weighted by Crippen LogP contribution is -2.39. The van der Waals surface area contributed by atoms with Gasteiger partial charge in [-0.2, -0.15) is 0 Å². The third-order valence-corrected chi connectivity index (χ3v) is 3.16. The van der Waals surface area contributed by atoms with Crippen molar-refractivity contribution >= 4 is 0 Å². The normalized spacial score (nSPS) is 26.8. The van der Waals surface area contributed by atoms with Crippen LogP contribution in [0.1, 0.15) is 26.7 Å². The molecule has 2 unspecified atom stereocenters. The highest BCUT2D eigenvalue weighted by Crippen LogP contribution is 2.11. The van der Waals surface area contributed by atoms with E-state index in [1.807, 2.05) is 0 Å². The molecule has 0 aromatic heterocycles. The van der Waals surface area contributed by atoms with Gasteiger partial charge in [-0.25, -0.2) is 0 Å². The molecule has 0 aliphatic carbocycles. The minimum atomic E-state index is -0.187. The largest absolute Gasteiger partial charge is 0.395 e. The number of aliphatic hydroxyl groups excluding tert-OH is 2. The number of rotatable bonds is 6. The van der Waals surface area contributed by atoms with Gasteiger partial charge in [-0.15, -0.1) is 0 Å². The summed E-state index contributed by atoms with van der Waals surface area (Å²) in [6.07, 6.45) is 1.64. The fraction of sp³-hybridized carbons (Fsp3) is 1.00. The molecular formula is C11H24N2O2. The maximum atomic E-state index is 9.64. The highest BCUT2D eigenvalue weighted by Gasteiger charge is 2.24. The molecule has 4 heteroatoms. The van der Waals surface area contributed by atoms with Gasteiger partial charge >= 0.3 is 0 Å². The molecule has 0 saturated carbocycles. The highest BCUT2D eigenvalue weighted by atomic mass is 16.3. The van der Waals surface area contributed by atoms with Crippen molar-refractivity contribution in [1.82, 2.24) is 10.2 Å². The zero-order valence-corrected chi connectivity index (χ0v) is 9.82. The molecular weight excluding hydrogens is 192 g/mol. The lowest BCUT2D eigenvalue weighted by atomic mass is 10.1. The average Bonchev–Trinajstić information content (AvgIpc) is 2.58. The van der Waals surface area contributed by atoms with Crippen molar-refractivity contribution in [3.8, 4) is 0 Å². The minimum Gasteiger partial charge on any atom is -0.395 e. The van der Waals surface area contributed by atoms with Gasteiger partial charge in [0.2, 0.25) is 0 Å². The molecule has 1 heterocycles. The van der Waals surface area contributed by atoms with Gasteiger partial charge in [-0.3, -0.25) is 4.90 Å². The average molecular weight is 216 g/mol. The first-order valence-electron chi connectivity index (χ1n) is 5.91. The van der Waals surface area contributed by atoms with E-state index >= 15 is 0 Å². The maximum Gasteiger partial charge on any atom is 0.0705 e. The lowest BCUT2D eigenvalue weighted by molar-refractivity contribution is 0.128. The predicted molar refractivity (Wildman–Crippen MR) is 60.8 cm³/mol. The van der Waals surface area contributed by atoms with Crippen LogP contribution in [0, 0.1) is 0 Å². The third kappa shape index (κ3) is 4.07. The van der Waals surface area contributed by atoms with Crippen molar-refractivity contribution in [3.63, 3.8) is 0 Å². The third-order valence-electron chi connectivity index (χ3n) is 3.16. The number of nitrogens with one attached hydrogen (secondary N) is 1. The van der Waals surface area contributed by atoms with Gasteiger partial charge in [-0.1, -0.05) is 0 Å². The van der Waals surface area contributed by atoms with Gasteiger partial charge in [0.1, 0.15) is 0 Å². The van der Waals surface area contributed by atoms with Gasteiger partial charge in [-0.05, 0) is 33.2 Å². The van der Waals surface area contributed by atoms with Crippen molar-refractivity contribution in [3.05, 3.63) is 0 Å². The Morgan fingerprint density at radius 2 is 2.13 bits per heavy atom.